The summed E-state index contributed by atoms with van der Waals surface area (Å²) in [6, 6.07) is 0.267. The Morgan fingerprint density at radius 1 is 1.33 bits per heavy atom. The summed E-state index contributed by atoms with van der Waals surface area (Å²) in [4.78, 5) is 17.0. The molecule has 3 atom stereocenters. The van der Waals surface area contributed by atoms with Crippen LogP contribution in [0.25, 0.3) is 0 Å². The van der Waals surface area contributed by atoms with Crippen molar-refractivity contribution in [1.82, 2.24) is 9.80 Å². The molecule has 2 saturated heterocycles. The molecule has 0 aromatic heterocycles. The van der Waals surface area contributed by atoms with E-state index < -0.39 is 0 Å². The minimum absolute atomic E-state index is 0.165. The van der Waals surface area contributed by atoms with Gasteiger partial charge in [0.15, 0.2) is 0 Å². The number of carbonyl (C=O) groups is 1. The van der Waals surface area contributed by atoms with Gasteiger partial charge in [0.25, 0.3) is 0 Å². The molecule has 4 nitrogen and oxygen atoms in total. The van der Waals surface area contributed by atoms with Crippen molar-refractivity contribution >= 4 is 5.91 Å². The number of hydrogen-bond donors (Lipinski definition) is 1. The first-order chi connectivity index (χ1) is 8.63. The van der Waals surface area contributed by atoms with E-state index in [9.17, 15) is 4.79 Å². The number of hydrogen-bond acceptors (Lipinski definition) is 3. The van der Waals surface area contributed by atoms with Crippen molar-refractivity contribution in [2.75, 3.05) is 26.2 Å². The van der Waals surface area contributed by atoms with E-state index in [4.69, 9.17) is 5.73 Å². The molecule has 0 radical (unpaired) electrons. The SMILES string of the molecule is CCC(C)C(N)C(=O)N1CCCN2CCCC2C1. The smallest absolute Gasteiger partial charge is 0.239 e. The average molecular weight is 253 g/mol. The van der Waals surface area contributed by atoms with Crippen LogP contribution in [0.4, 0.5) is 0 Å². The molecule has 2 fully saturated rings. The molecule has 0 spiro atoms. The summed E-state index contributed by atoms with van der Waals surface area (Å²) in [7, 11) is 0. The molecular formula is C14H27N3O. The Kier molecular flexibility index (Phi) is 4.62. The number of carbonyl (C=O) groups excluding carboxylic acids is 1. The average Bonchev–Trinajstić information content (AvgIpc) is 2.73. The van der Waals surface area contributed by atoms with E-state index in [1.54, 1.807) is 0 Å². The minimum Gasteiger partial charge on any atom is -0.340 e. The lowest BCUT2D eigenvalue weighted by Gasteiger charge is -2.29. The molecule has 0 aromatic rings. The highest BCUT2D eigenvalue weighted by atomic mass is 16.2. The lowest BCUT2D eigenvalue weighted by Crippen LogP contribution is -2.49. The van der Waals surface area contributed by atoms with Crippen molar-refractivity contribution in [2.24, 2.45) is 11.7 Å². The van der Waals surface area contributed by atoms with E-state index in [1.165, 1.54) is 19.4 Å². The highest BCUT2D eigenvalue weighted by Crippen LogP contribution is 2.22. The van der Waals surface area contributed by atoms with Crippen molar-refractivity contribution in [2.45, 2.75) is 51.6 Å². The van der Waals surface area contributed by atoms with Crippen molar-refractivity contribution in [3.63, 3.8) is 0 Å². The van der Waals surface area contributed by atoms with Gasteiger partial charge < -0.3 is 10.6 Å². The highest BCUT2D eigenvalue weighted by molar-refractivity contribution is 5.82. The maximum absolute atomic E-state index is 12.4. The second kappa shape index (κ2) is 6.02. The molecule has 104 valence electrons. The molecule has 18 heavy (non-hydrogen) atoms. The molecule has 4 heteroatoms. The Bertz CT molecular complexity index is 295. The zero-order chi connectivity index (χ0) is 13.1. The number of rotatable bonds is 3. The van der Waals surface area contributed by atoms with E-state index in [1.807, 2.05) is 4.90 Å². The van der Waals surface area contributed by atoms with Crippen LogP contribution >= 0.6 is 0 Å². The van der Waals surface area contributed by atoms with Gasteiger partial charge in [0.1, 0.15) is 0 Å². The summed E-state index contributed by atoms with van der Waals surface area (Å²) in [5, 5.41) is 0. The van der Waals surface area contributed by atoms with Crippen molar-refractivity contribution in [3.05, 3.63) is 0 Å². The molecule has 2 rings (SSSR count). The molecule has 1 amide bonds. The molecule has 0 saturated carbocycles. The topological polar surface area (TPSA) is 49.6 Å². The van der Waals surface area contributed by atoms with E-state index in [-0.39, 0.29) is 17.9 Å². The summed E-state index contributed by atoms with van der Waals surface area (Å²) in [5.41, 5.74) is 6.09. The van der Waals surface area contributed by atoms with Gasteiger partial charge in [-0.2, -0.15) is 0 Å². The van der Waals surface area contributed by atoms with Crippen LogP contribution in [0, 0.1) is 5.92 Å². The predicted octanol–water partition coefficient (Wildman–Crippen LogP) is 1.06. The first-order valence-corrected chi connectivity index (χ1v) is 7.42. The van der Waals surface area contributed by atoms with Crippen molar-refractivity contribution in [3.8, 4) is 0 Å². The number of fused-ring (bicyclic) bond motifs is 1. The number of amides is 1. The molecule has 2 aliphatic rings. The quantitative estimate of drug-likeness (QED) is 0.818. The summed E-state index contributed by atoms with van der Waals surface area (Å²) in [6.07, 6.45) is 4.58. The van der Waals surface area contributed by atoms with Crippen LogP contribution in [0.2, 0.25) is 0 Å². The maximum Gasteiger partial charge on any atom is 0.239 e. The van der Waals surface area contributed by atoms with E-state index >= 15 is 0 Å². The second-order valence-corrected chi connectivity index (χ2v) is 5.88. The van der Waals surface area contributed by atoms with Gasteiger partial charge in [-0.05, 0) is 31.7 Å². The van der Waals surface area contributed by atoms with Crippen LogP contribution in [0.3, 0.4) is 0 Å². The monoisotopic (exact) mass is 253 g/mol. The molecule has 2 heterocycles. The van der Waals surface area contributed by atoms with Crippen LogP contribution in [0.5, 0.6) is 0 Å². The Morgan fingerprint density at radius 3 is 2.78 bits per heavy atom. The van der Waals surface area contributed by atoms with E-state index in [2.05, 4.69) is 18.7 Å². The summed E-state index contributed by atoms with van der Waals surface area (Å²) in [6.45, 7) is 8.30. The number of nitrogens with zero attached hydrogens (tertiary/aromatic N) is 2. The molecule has 3 unspecified atom stereocenters. The van der Waals surface area contributed by atoms with Crippen LogP contribution in [0.1, 0.15) is 39.5 Å². The second-order valence-electron chi connectivity index (χ2n) is 5.88. The molecule has 2 aliphatic heterocycles. The maximum atomic E-state index is 12.4. The molecule has 0 aromatic carbocycles. The van der Waals surface area contributed by atoms with Crippen LogP contribution < -0.4 is 5.73 Å². The third kappa shape index (κ3) is 2.86. The van der Waals surface area contributed by atoms with Gasteiger partial charge in [0.05, 0.1) is 6.04 Å². The van der Waals surface area contributed by atoms with Gasteiger partial charge in [-0.15, -0.1) is 0 Å². The van der Waals surface area contributed by atoms with E-state index in [0.29, 0.717) is 6.04 Å². The first kappa shape index (κ1) is 13.8. The fraction of sp³-hybridized carbons (Fsp3) is 0.929. The van der Waals surface area contributed by atoms with E-state index in [0.717, 1.165) is 32.5 Å². The normalized spacial score (nSPS) is 28.6. The Hall–Kier alpha value is -0.610. The van der Waals surface area contributed by atoms with Crippen LogP contribution in [-0.4, -0.2) is 54.0 Å². The molecular weight excluding hydrogens is 226 g/mol. The summed E-state index contributed by atoms with van der Waals surface area (Å²) in [5.74, 6) is 0.443. The Morgan fingerprint density at radius 2 is 2.06 bits per heavy atom. The molecule has 2 N–H and O–H groups in total. The van der Waals surface area contributed by atoms with Gasteiger partial charge >= 0.3 is 0 Å². The third-order valence-corrected chi connectivity index (χ3v) is 4.66. The lowest BCUT2D eigenvalue weighted by molar-refractivity contribution is -0.134. The lowest BCUT2D eigenvalue weighted by atomic mass is 9.98. The molecule has 0 aliphatic carbocycles. The third-order valence-electron chi connectivity index (χ3n) is 4.66. The first-order valence-electron chi connectivity index (χ1n) is 7.42. The standard InChI is InChI=1S/C14H27N3O/c1-3-11(2)13(15)14(18)17-9-5-8-16-7-4-6-12(16)10-17/h11-13H,3-10,15H2,1-2H3. The van der Waals surface area contributed by atoms with Crippen molar-refractivity contribution < 1.29 is 4.79 Å². The zero-order valence-electron chi connectivity index (χ0n) is 11.8. The minimum atomic E-state index is -0.317. The van der Waals surface area contributed by atoms with Crippen LogP contribution in [0.15, 0.2) is 0 Å². The fourth-order valence-corrected chi connectivity index (χ4v) is 3.11. The predicted molar refractivity (Wildman–Crippen MR) is 73.2 cm³/mol. The van der Waals surface area contributed by atoms with Crippen molar-refractivity contribution in [1.29, 1.82) is 0 Å². The van der Waals surface area contributed by atoms with Crippen LogP contribution in [-0.2, 0) is 4.79 Å². The number of nitrogens with two attached hydrogens (primary N) is 1. The van der Waals surface area contributed by atoms with Gasteiger partial charge in [-0.25, -0.2) is 0 Å². The van der Waals surface area contributed by atoms with Gasteiger partial charge in [0, 0.05) is 25.7 Å². The molecule has 0 bridgehead atoms. The van der Waals surface area contributed by atoms with Gasteiger partial charge in [-0.1, -0.05) is 20.3 Å². The fourth-order valence-electron chi connectivity index (χ4n) is 3.11. The van der Waals surface area contributed by atoms with Gasteiger partial charge in [0.2, 0.25) is 5.91 Å². The highest BCUT2D eigenvalue weighted by Gasteiger charge is 2.32. The Labute approximate surface area is 110 Å². The van der Waals surface area contributed by atoms with Gasteiger partial charge in [-0.3, -0.25) is 9.69 Å². The zero-order valence-corrected chi connectivity index (χ0v) is 11.8. The Balaban J connectivity index is 1.97. The largest absolute Gasteiger partial charge is 0.340 e. The summed E-state index contributed by atoms with van der Waals surface area (Å²) < 4.78 is 0. The summed E-state index contributed by atoms with van der Waals surface area (Å²) >= 11 is 0.